The van der Waals surface area contributed by atoms with Gasteiger partial charge in [-0.25, -0.2) is 13.1 Å². The van der Waals surface area contributed by atoms with Crippen molar-refractivity contribution in [3.05, 3.63) is 0 Å². The van der Waals surface area contributed by atoms with E-state index in [4.69, 9.17) is 10.5 Å². The van der Waals surface area contributed by atoms with Crippen LogP contribution >= 0.6 is 0 Å². The maximum Gasteiger partial charge on any atom is 0.237 e. The highest BCUT2D eigenvalue weighted by molar-refractivity contribution is 7.89. The molecule has 1 rings (SSSR count). The molecule has 3 N–H and O–H groups in total. The third kappa shape index (κ3) is 5.44. The molecule has 1 amide bonds. The Kier molecular flexibility index (Phi) is 5.83. The largest absolute Gasteiger partial charge is 0.378 e. The van der Waals surface area contributed by atoms with Gasteiger partial charge in [-0.15, -0.1) is 0 Å². The molecule has 0 aromatic heterocycles. The minimum Gasteiger partial charge on any atom is -0.378 e. The fraction of sp³-hybridized carbons (Fsp3) is 0.889. The second kappa shape index (κ2) is 6.90. The van der Waals surface area contributed by atoms with Crippen LogP contribution in [0.3, 0.4) is 0 Å². The second-order valence-electron chi connectivity index (χ2n) is 3.78. The maximum atomic E-state index is 11.6. The summed E-state index contributed by atoms with van der Waals surface area (Å²) in [6.45, 7) is 2.18. The van der Waals surface area contributed by atoms with Crippen LogP contribution in [0.5, 0.6) is 0 Å². The molecule has 100 valence electrons. The molecule has 0 saturated carbocycles. The molecule has 1 aliphatic rings. The van der Waals surface area contributed by atoms with E-state index in [1.807, 2.05) is 0 Å². The zero-order chi connectivity index (χ0) is 12.7. The zero-order valence-corrected chi connectivity index (χ0v) is 10.5. The molecule has 0 spiro atoms. The van der Waals surface area contributed by atoms with Gasteiger partial charge in [0.2, 0.25) is 15.9 Å². The molecular weight excluding hydrogens is 246 g/mol. The number of hydrogen-bond donors (Lipinski definition) is 2. The van der Waals surface area contributed by atoms with Crippen LogP contribution in [-0.2, 0) is 19.6 Å². The Morgan fingerprint density at radius 2 is 2.00 bits per heavy atom. The van der Waals surface area contributed by atoms with Crippen LogP contribution in [-0.4, -0.2) is 64.4 Å². The number of carbonyl (C=O) groups is 1. The van der Waals surface area contributed by atoms with Crippen molar-refractivity contribution < 1.29 is 17.9 Å². The number of nitrogens with two attached hydrogens (primary N) is 1. The quantitative estimate of drug-likeness (QED) is 0.585. The van der Waals surface area contributed by atoms with E-state index in [2.05, 4.69) is 4.72 Å². The van der Waals surface area contributed by atoms with E-state index in [1.165, 1.54) is 0 Å². The summed E-state index contributed by atoms with van der Waals surface area (Å²) >= 11 is 0. The molecule has 1 aliphatic heterocycles. The van der Waals surface area contributed by atoms with Crippen LogP contribution in [0, 0.1) is 0 Å². The van der Waals surface area contributed by atoms with Crippen LogP contribution in [0.15, 0.2) is 0 Å². The zero-order valence-electron chi connectivity index (χ0n) is 9.72. The molecule has 0 aliphatic carbocycles. The average Bonchev–Trinajstić information content (AvgIpc) is 2.35. The summed E-state index contributed by atoms with van der Waals surface area (Å²) in [6.07, 6.45) is 0.390. The summed E-state index contributed by atoms with van der Waals surface area (Å²) in [7, 11) is -3.39. The van der Waals surface area contributed by atoms with Gasteiger partial charge in [0.15, 0.2) is 0 Å². The van der Waals surface area contributed by atoms with Crippen molar-refractivity contribution in [2.45, 2.75) is 6.42 Å². The smallest absolute Gasteiger partial charge is 0.237 e. The molecule has 0 radical (unpaired) electrons. The van der Waals surface area contributed by atoms with E-state index in [0.717, 1.165) is 0 Å². The summed E-state index contributed by atoms with van der Waals surface area (Å²) in [4.78, 5) is 13.2. The lowest BCUT2D eigenvalue weighted by Gasteiger charge is -2.26. The van der Waals surface area contributed by atoms with Crippen molar-refractivity contribution in [3.63, 3.8) is 0 Å². The topological polar surface area (TPSA) is 102 Å². The first kappa shape index (κ1) is 14.4. The third-order valence-corrected chi connectivity index (χ3v) is 3.83. The number of nitrogens with zero attached hydrogens (tertiary/aromatic N) is 1. The molecule has 7 nitrogen and oxygen atoms in total. The lowest BCUT2D eigenvalue weighted by molar-refractivity contribution is -0.133. The van der Waals surface area contributed by atoms with Gasteiger partial charge in [-0.05, 0) is 13.0 Å². The van der Waals surface area contributed by atoms with Gasteiger partial charge in [-0.3, -0.25) is 4.79 Å². The van der Waals surface area contributed by atoms with E-state index in [0.29, 0.717) is 39.3 Å². The molecule has 1 saturated heterocycles. The number of hydrogen-bond acceptors (Lipinski definition) is 5. The Hall–Kier alpha value is -0.700. The molecular formula is C9H19N3O4S. The van der Waals surface area contributed by atoms with Gasteiger partial charge in [0, 0.05) is 13.1 Å². The van der Waals surface area contributed by atoms with E-state index in [1.54, 1.807) is 4.90 Å². The Morgan fingerprint density at radius 3 is 2.59 bits per heavy atom. The van der Waals surface area contributed by atoms with E-state index >= 15 is 0 Å². The van der Waals surface area contributed by atoms with Crippen LogP contribution in [0.2, 0.25) is 0 Å². The molecule has 17 heavy (non-hydrogen) atoms. The van der Waals surface area contributed by atoms with Crippen molar-refractivity contribution in [3.8, 4) is 0 Å². The highest BCUT2D eigenvalue weighted by Crippen LogP contribution is 1.97. The number of sulfonamides is 1. The molecule has 0 aromatic rings. The van der Waals surface area contributed by atoms with Crippen LogP contribution in [0.4, 0.5) is 0 Å². The van der Waals surface area contributed by atoms with Crippen molar-refractivity contribution >= 4 is 15.9 Å². The van der Waals surface area contributed by atoms with Crippen LogP contribution < -0.4 is 10.5 Å². The number of rotatable bonds is 6. The van der Waals surface area contributed by atoms with Crippen molar-refractivity contribution in [2.24, 2.45) is 5.73 Å². The van der Waals surface area contributed by atoms with Crippen molar-refractivity contribution in [1.29, 1.82) is 0 Å². The monoisotopic (exact) mass is 265 g/mol. The predicted molar refractivity (Wildman–Crippen MR) is 62.9 cm³/mol. The van der Waals surface area contributed by atoms with Crippen molar-refractivity contribution in [1.82, 2.24) is 9.62 Å². The molecule has 1 heterocycles. The lowest BCUT2D eigenvalue weighted by atomic mass is 10.4. The lowest BCUT2D eigenvalue weighted by Crippen LogP contribution is -2.46. The first-order chi connectivity index (χ1) is 8.05. The van der Waals surface area contributed by atoms with Crippen LogP contribution in [0.25, 0.3) is 0 Å². The predicted octanol–water partition coefficient (Wildman–Crippen LogP) is -1.89. The molecule has 8 heteroatoms. The summed E-state index contributed by atoms with van der Waals surface area (Å²) in [5, 5.41) is 0. The Bertz CT molecular complexity index is 338. The molecule has 0 atom stereocenters. The summed E-state index contributed by atoms with van der Waals surface area (Å²) in [5.41, 5.74) is 5.23. The summed E-state index contributed by atoms with van der Waals surface area (Å²) in [6, 6.07) is 0. The number of amides is 1. The van der Waals surface area contributed by atoms with Gasteiger partial charge < -0.3 is 15.4 Å². The first-order valence-corrected chi connectivity index (χ1v) is 7.23. The van der Waals surface area contributed by atoms with Gasteiger partial charge >= 0.3 is 0 Å². The number of morpholine rings is 1. The van der Waals surface area contributed by atoms with E-state index in [9.17, 15) is 13.2 Å². The van der Waals surface area contributed by atoms with Gasteiger partial charge in [0.1, 0.15) is 0 Å². The van der Waals surface area contributed by atoms with Gasteiger partial charge in [0.25, 0.3) is 0 Å². The number of carbonyl (C=O) groups excluding carboxylic acids is 1. The van der Waals surface area contributed by atoms with Crippen molar-refractivity contribution in [2.75, 3.05) is 45.1 Å². The Labute approximate surface area is 101 Å². The van der Waals surface area contributed by atoms with E-state index < -0.39 is 10.0 Å². The molecule has 0 unspecified atom stereocenters. The average molecular weight is 265 g/mol. The number of ether oxygens (including phenoxy) is 1. The van der Waals surface area contributed by atoms with Crippen LogP contribution in [0.1, 0.15) is 6.42 Å². The normalized spacial score (nSPS) is 17.1. The SMILES string of the molecule is NCCCS(=O)(=O)NCC(=O)N1CCOCC1. The Morgan fingerprint density at radius 1 is 1.35 bits per heavy atom. The summed E-state index contributed by atoms with van der Waals surface area (Å²) in [5.74, 6) is -0.260. The molecule has 0 aromatic carbocycles. The minimum atomic E-state index is -3.39. The molecule has 1 fully saturated rings. The Balaban J connectivity index is 2.31. The standard InChI is InChI=1S/C9H19N3O4S/c10-2-1-7-17(14,15)11-8-9(13)12-3-5-16-6-4-12/h11H,1-8,10H2. The van der Waals surface area contributed by atoms with Gasteiger partial charge in [0.05, 0.1) is 25.5 Å². The second-order valence-corrected chi connectivity index (χ2v) is 5.70. The third-order valence-electron chi connectivity index (χ3n) is 2.42. The fourth-order valence-electron chi connectivity index (χ4n) is 1.44. The summed E-state index contributed by atoms with van der Waals surface area (Å²) < 4.78 is 30.2. The highest BCUT2D eigenvalue weighted by atomic mass is 32.2. The van der Waals surface area contributed by atoms with Gasteiger partial charge in [-0.2, -0.15) is 0 Å². The number of nitrogens with one attached hydrogen (secondary N) is 1. The first-order valence-electron chi connectivity index (χ1n) is 5.58. The fourth-order valence-corrected chi connectivity index (χ4v) is 2.48. The van der Waals surface area contributed by atoms with Gasteiger partial charge in [-0.1, -0.05) is 0 Å². The highest BCUT2D eigenvalue weighted by Gasteiger charge is 2.18. The van der Waals surface area contributed by atoms with E-state index in [-0.39, 0.29) is 18.2 Å². The molecule has 0 bridgehead atoms. The minimum absolute atomic E-state index is 0.0418. The maximum absolute atomic E-state index is 11.6.